The minimum absolute atomic E-state index is 0.334. The van der Waals surface area contributed by atoms with Crippen LogP contribution in [0.3, 0.4) is 0 Å². The third kappa shape index (κ3) is 2.52. The van der Waals surface area contributed by atoms with E-state index in [4.69, 9.17) is 21.9 Å². The molecule has 3 nitrogen and oxygen atoms in total. The molecule has 17 heavy (non-hydrogen) atoms. The largest absolute Gasteiger partial charge is 0.466 e. The van der Waals surface area contributed by atoms with Gasteiger partial charge in [0.1, 0.15) is 17.6 Å². The normalized spacial score (nSPS) is 12.7. The Bertz CT molecular complexity index is 532. The van der Waals surface area contributed by atoms with Crippen molar-refractivity contribution in [1.29, 1.82) is 0 Å². The second-order valence-electron chi connectivity index (χ2n) is 3.40. The van der Waals surface area contributed by atoms with Gasteiger partial charge in [-0.3, -0.25) is 5.84 Å². The average molecular weight is 320 g/mol. The van der Waals surface area contributed by atoms with Crippen LogP contribution in [0.2, 0.25) is 5.02 Å². The lowest BCUT2D eigenvalue weighted by Gasteiger charge is -2.15. The Kier molecular flexibility index (Phi) is 3.83. The number of nitrogens with one attached hydrogen (secondary N) is 1. The summed E-state index contributed by atoms with van der Waals surface area (Å²) in [6.45, 7) is 0. The van der Waals surface area contributed by atoms with E-state index in [0.29, 0.717) is 16.3 Å². The molecule has 0 aliphatic heterocycles. The lowest BCUT2D eigenvalue weighted by molar-refractivity contribution is 0.439. The Labute approximate surface area is 111 Å². The summed E-state index contributed by atoms with van der Waals surface area (Å²) >= 11 is 9.00. The van der Waals surface area contributed by atoms with Crippen LogP contribution in [0.25, 0.3) is 0 Å². The Morgan fingerprint density at radius 1 is 1.41 bits per heavy atom. The summed E-state index contributed by atoms with van der Waals surface area (Å²) in [7, 11) is 0. The summed E-state index contributed by atoms with van der Waals surface area (Å²) in [6.07, 6.45) is 1.50. The Balaban J connectivity index is 2.46. The number of hydrogen-bond donors (Lipinski definition) is 2. The molecule has 0 saturated carbocycles. The molecule has 6 heteroatoms. The van der Waals surface area contributed by atoms with Crippen LogP contribution in [0.1, 0.15) is 17.4 Å². The molecule has 0 bridgehead atoms. The second-order valence-corrected chi connectivity index (χ2v) is 4.69. The van der Waals surface area contributed by atoms with Crippen LogP contribution in [-0.2, 0) is 0 Å². The van der Waals surface area contributed by atoms with E-state index in [2.05, 4.69) is 21.4 Å². The highest BCUT2D eigenvalue weighted by molar-refractivity contribution is 9.10. The maximum atomic E-state index is 13.8. The number of hydrazine groups is 1. The molecular formula is C11H9BrClFN2O. The topological polar surface area (TPSA) is 51.2 Å². The van der Waals surface area contributed by atoms with Crippen molar-refractivity contribution >= 4 is 27.5 Å². The van der Waals surface area contributed by atoms with Gasteiger partial charge in [-0.25, -0.2) is 9.82 Å². The van der Waals surface area contributed by atoms with E-state index >= 15 is 0 Å². The average Bonchev–Trinajstić information content (AvgIpc) is 2.69. The highest BCUT2D eigenvalue weighted by Crippen LogP contribution is 2.31. The van der Waals surface area contributed by atoms with Gasteiger partial charge in [0.25, 0.3) is 0 Å². The van der Waals surface area contributed by atoms with Crippen molar-refractivity contribution in [3.05, 3.63) is 57.2 Å². The molecule has 0 radical (unpaired) electrons. The molecule has 1 heterocycles. The first-order valence-electron chi connectivity index (χ1n) is 4.77. The van der Waals surface area contributed by atoms with E-state index in [-0.39, 0.29) is 0 Å². The summed E-state index contributed by atoms with van der Waals surface area (Å²) < 4.78 is 19.8. The van der Waals surface area contributed by atoms with Gasteiger partial charge in [-0.1, -0.05) is 17.7 Å². The van der Waals surface area contributed by atoms with Crippen LogP contribution in [0.5, 0.6) is 0 Å². The zero-order chi connectivity index (χ0) is 12.4. The zero-order valence-corrected chi connectivity index (χ0v) is 10.9. The molecule has 0 amide bonds. The molecule has 0 aliphatic carbocycles. The van der Waals surface area contributed by atoms with Crippen LogP contribution >= 0.6 is 27.5 Å². The quantitative estimate of drug-likeness (QED) is 0.673. The van der Waals surface area contributed by atoms with Crippen LogP contribution in [0.4, 0.5) is 4.39 Å². The van der Waals surface area contributed by atoms with Crippen molar-refractivity contribution in [2.75, 3.05) is 0 Å². The third-order valence-corrected chi connectivity index (χ3v) is 3.24. The second kappa shape index (κ2) is 5.18. The molecule has 3 N–H and O–H groups in total. The lowest BCUT2D eigenvalue weighted by Crippen LogP contribution is -2.29. The van der Waals surface area contributed by atoms with Crippen molar-refractivity contribution < 1.29 is 8.81 Å². The Morgan fingerprint density at radius 3 is 2.71 bits per heavy atom. The van der Waals surface area contributed by atoms with E-state index in [1.807, 2.05) is 0 Å². The molecule has 1 aromatic heterocycles. The minimum Gasteiger partial charge on any atom is -0.466 e. The fourth-order valence-electron chi connectivity index (χ4n) is 1.55. The van der Waals surface area contributed by atoms with E-state index in [1.54, 1.807) is 18.2 Å². The number of hydrogen-bond acceptors (Lipinski definition) is 3. The van der Waals surface area contributed by atoms with Gasteiger partial charge in [0.15, 0.2) is 0 Å². The van der Waals surface area contributed by atoms with Crippen molar-refractivity contribution in [2.24, 2.45) is 5.84 Å². The monoisotopic (exact) mass is 318 g/mol. The summed E-state index contributed by atoms with van der Waals surface area (Å²) in [4.78, 5) is 0. The predicted molar refractivity (Wildman–Crippen MR) is 67.0 cm³/mol. The molecule has 1 unspecified atom stereocenters. The number of rotatable bonds is 3. The molecule has 0 saturated heterocycles. The summed E-state index contributed by atoms with van der Waals surface area (Å²) in [5.41, 5.74) is 2.88. The summed E-state index contributed by atoms with van der Waals surface area (Å²) in [6, 6.07) is 5.54. The SMILES string of the molecule is NNC(c1ccc(Cl)cc1F)c1occc1Br. The molecule has 0 aliphatic rings. The fraction of sp³-hybridized carbons (Fsp3) is 0.0909. The van der Waals surface area contributed by atoms with E-state index < -0.39 is 11.9 Å². The molecule has 1 aromatic carbocycles. The highest BCUT2D eigenvalue weighted by Gasteiger charge is 2.21. The van der Waals surface area contributed by atoms with Gasteiger partial charge in [-0.2, -0.15) is 0 Å². The van der Waals surface area contributed by atoms with E-state index in [9.17, 15) is 4.39 Å². The van der Waals surface area contributed by atoms with Crippen molar-refractivity contribution in [1.82, 2.24) is 5.43 Å². The summed E-state index contributed by atoms with van der Waals surface area (Å²) in [5.74, 6) is 5.51. The van der Waals surface area contributed by atoms with Crippen LogP contribution < -0.4 is 11.3 Å². The number of nitrogens with two attached hydrogens (primary N) is 1. The van der Waals surface area contributed by atoms with E-state index in [1.165, 1.54) is 12.3 Å². The Hall–Kier alpha value is -0.880. The van der Waals surface area contributed by atoms with Crippen LogP contribution in [0.15, 0.2) is 39.4 Å². The first-order valence-corrected chi connectivity index (χ1v) is 5.94. The molecular weight excluding hydrogens is 310 g/mol. The first-order chi connectivity index (χ1) is 8.13. The van der Waals surface area contributed by atoms with Crippen LogP contribution in [0, 0.1) is 5.82 Å². The molecule has 2 aromatic rings. The lowest BCUT2D eigenvalue weighted by atomic mass is 10.0. The standard InChI is InChI=1S/C11H9BrClFN2O/c12-8-3-4-17-11(8)10(16-15)7-2-1-6(13)5-9(7)14/h1-5,10,16H,15H2. The first kappa shape index (κ1) is 12.6. The highest BCUT2D eigenvalue weighted by atomic mass is 79.9. The maximum absolute atomic E-state index is 13.8. The van der Waals surface area contributed by atoms with Crippen molar-refractivity contribution in [3.63, 3.8) is 0 Å². The Morgan fingerprint density at radius 2 is 2.18 bits per heavy atom. The van der Waals surface area contributed by atoms with E-state index in [0.717, 1.165) is 4.47 Å². The fourth-order valence-corrected chi connectivity index (χ4v) is 2.14. The molecule has 1 atom stereocenters. The van der Waals surface area contributed by atoms with Gasteiger partial charge in [-0.15, -0.1) is 0 Å². The predicted octanol–water partition coefficient (Wildman–Crippen LogP) is 3.39. The van der Waals surface area contributed by atoms with Crippen LogP contribution in [-0.4, -0.2) is 0 Å². The van der Waals surface area contributed by atoms with Crippen molar-refractivity contribution in [2.45, 2.75) is 6.04 Å². The minimum atomic E-state index is -0.573. The zero-order valence-electron chi connectivity index (χ0n) is 8.58. The number of furan rings is 1. The number of halogens is 3. The maximum Gasteiger partial charge on any atom is 0.140 e. The molecule has 0 spiro atoms. The molecule has 2 rings (SSSR count). The molecule has 90 valence electrons. The van der Waals surface area contributed by atoms with Crippen molar-refractivity contribution in [3.8, 4) is 0 Å². The smallest absolute Gasteiger partial charge is 0.140 e. The van der Waals surface area contributed by atoms with Gasteiger partial charge in [0.2, 0.25) is 0 Å². The van der Waals surface area contributed by atoms with Gasteiger partial charge >= 0.3 is 0 Å². The van der Waals surface area contributed by atoms with Gasteiger partial charge < -0.3 is 4.42 Å². The number of benzene rings is 1. The third-order valence-electron chi connectivity index (χ3n) is 2.35. The van der Waals surface area contributed by atoms with Gasteiger partial charge in [0.05, 0.1) is 10.7 Å². The van der Waals surface area contributed by atoms with Gasteiger partial charge in [-0.05, 0) is 34.1 Å². The summed E-state index contributed by atoms with van der Waals surface area (Å²) in [5, 5.41) is 0.334. The molecule has 0 fully saturated rings. The van der Waals surface area contributed by atoms with Gasteiger partial charge in [0, 0.05) is 10.6 Å².